The second kappa shape index (κ2) is 2.92. The Labute approximate surface area is 68.4 Å². The average Bonchev–Trinajstić information content (AvgIpc) is 1.96. The first-order valence-corrected chi connectivity index (χ1v) is 3.33. The number of anilines is 2. The van der Waals surface area contributed by atoms with Gasteiger partial charge in [-0.05, 0) is 18.6 Å². The number of nitrogens with zero attached hydrogens (tertiary/aromatic N) is 1. The summed E-state index contributed by atoms with van der Waals surface area (Å²) >= 11 is 0. The number of nitrogen functional groups attached to an aromatic ring is 2. The lowest BCUT2D eigenvalue weighted by molar-refractivity contribution is 0.147. The van der Waals surface area contributed by atoms with E-state index in [9.17, 15) is 8.78 Å². The van der Waals surface area contributed by atoms with E-state index in [1.165, 1.54) is 6.07 Å². The van der Waals surface area contributed by atoms with E-state index in [1.807, 2.05) is 0 Å². The molecule has 1 aromatic rings. The highest BCUT2D eigenvalue weighted by Gasteiger charge is 2.15. The molecule has 0 fully saturated rings. The molecule has 12 heavy (non-hydrogen) atoms. The predicted octanol–water partition coefficient (Wildman–Crippen LogP) is 1.49. The van der Waals surface area contributed by atoms with Crippen molar-refractivity contribution in [3.05, 3.63) is 17.3 Å². The van der Waals surface area contributed by atoms with Crippen molar-refractivity contribution >= 4 is 11.5 Å². The lowest BCUT2D eigenvalue weighted by Crippen LogP contribution is -2.04. The summed E-state index contributed by atoms with van der Waals surface area (Å²) in [6, 6.07) is 1.46. The zero-order valence-electron chi connectivity index (χ0n) is 6.51. The Morgan fingerprint density at radius 2 is 2.00 bits per heavy atom. The van der Waals surface area contributed by atoms with Gasteiger partial charge in [-0.3, -0.25) is 0 Å². The van der Waals surface area contributed by atoms with Crippen LogP contribution in [0, 0.1) is 6.92 Å². The summed E-state index contributed by atoms with van der Waals surface area (Å²) in [5, 5.41) is 0. The van der Waals surface area contributed by atoms with Gasteiger partial charge >= 0.3 is 0 Å². The number of halogens is 2. The molecule has 1 rings (SSSR count). The predicted molar refractivity (Wildman–Crippen MR) is 42.8 cm³/mol. The van der Waals surface area contributed by atoms with E-state index in [2.05, 4.69) is 4.98 Å². The van der Waals surface area contributed by atoms with Gasteiger partial charge in [0.15, 0.2) is 0 Å². The molecule has 5 heteroatoms. The van der Waals surface area contributed by atoms with E-state index in [-0.39, 0.29) is 11.5 Å². The molecule has 0 atom stereocenters. The number of aromatic nitrogens is 1. The fourth-order valence-corrected chi connectivity index (χ4v) is 0.900. The van der Waals surface area contributed by atoms with Crippen LogP contribution in [0.5, 0.6) is 0 Å². The van der Waals surface area contributed by atoms with Crippen LogP contribution >= 0.6 is 0 Å². The van der Waals surface area contributed by atoms with Gasteiger partial charge in [-0.15, -0.1) is 0 Å². The van der Waals surface area contributed by atoms with Crippen LogP contribution in [0.3, 0.4) is 0 Å². The molecule has 0 unspecified atom stereocenters. The van der Waals surface area contributed by atoms with E-state index >= 15 is 0 Å². The van der Waals surface area contributed by atoms with Crippen LogP contribution in [0.15, 0.2) is 6.07 Å². The molecule has 0 aliphatic carbocycles. The minimum Gasteiger partial charge on any atom is -0.397 e. The Morgan fingerprint density at radius 1 is 1.42 bits per heavy atom. The fourth-order valence-electron chi connectivity index (χ4n) is 0.900. The quantitative estimate of drug-likeness (QED) is 0.676. The highest BCUT2D eigenvalue weighted by molar-refractivity contribution is 5.55. The lowest BCUT2D eigenvalue weighted by Gasteiger charge is -2.07. The molecule has 0 saturated carbocycles. The number of nitrogens with two attached hydrogens (primary N) is 2. The van der Waals surface area contributed by atoms with Crippen LogP contribution in [-0.2, 0) is 0 Å². The fraction of sp³-hybridized carbons (Fsp3) is 0.286. The van der Waals surface area contributed by atoms with Crippen molar-refractivity contribution in [1.82, 2.24) is 4.98 Å². The van der Waals surface area contributed by atoms with Crippen LogP contribution in [0.25, 0.3) is 0 Å². The smallest absolute Gasteiger partial charge is 0.282 e. The van der Waals surface area contributed by atoms with E-state index in [0.29, 0.717) is 5.56 Å². The normalized spacial score (nSPS) is 10.7. The maximum absolute atomic E-state index is 12.2. The topological polar surface area (TPSA) is 64.9 Å². The second-order valence-corrected chi connectivity index (χ2v) is 2.46. The molecule has 66 valence electrons. The zero-order valence-corrected chi connectivity index (χ0v) is 6.51. The van der Waals surface area contributed by atoms with E-state index in [1.54, 1.807) is 6.92 Å². The largest absolute Gasteiger partial charge is 0.397 e. The molecule has 3 nitrogen and oxygen atoms in total. The Hall–Kier alpha value is -1.39. The van der Waals surface area contributed by atoms with Crippen LogP contribution in [0.4, 0.5) is 20.3 Å². The lowest BCUT2D eigenvalue weighted by atomic mass is 10.2. The van der Waals surface area contributed by atoms with Crippen molar-refractivity contribution in [3.8, 4) is 0 Å². The van der Waals surface area contributed by atoms with Crippen molar-refractivity contribution in [2.24, 2.45) is 0 Å². The molecule has 0 aliphatic heterocycles. The van der Waals surface area contributed by atoms with Gasteiger partial charge in [-0.1, -0.05) is 0 Å². The van der Waals surface area contributed by atoms with E-state index < -0.39 is 12.1 Å². The van der Waals surface area contributed by atoms with Crippen LogP contribution < -0.4 is 11.5 Å². The number of alkyl halides is 2. The van der Waals surface area contributed by atoms with Gasteiger partial charge in [-0.2, -0.15) is 0 Å². The van der Waals surface area contributed by atoms with Gasteiger partial charge in [0.2, 0.25) is 0 Å². The minimum atomic E-state index is -2.67. The highest BCUT2D eigenvalue weighted by atomic mass is 19.3. The Kier molecular flexibility index (Phi) is 2.12. The maximum atomic E-state index is 12.2. The number of hydrogen-bond donors (Lipinski definition) is 2. The molecule has 0 aliphatic rings. The third-order valence-corrected chi connectivity index (χ3v) is 1.52. The molecular weight excluding hydrogens is 164 g/mol. The maximum Gasteiger partial charge on any atom is 0.282 e. The Morgan fingerprint density at radius 3 is 2.50 bits per heavy atom. The number of pyridine rings is 1. The van der Waals surface area contributed by atoms with E-state index in [4.69, 9.17) is 11.5 Å². The van der Waals surface area contributed by atoms with Gasteiger partial charge in [0.05, 0.1) is 5.69 Å². The summed E-state index contributed by atoms with van der Waals surface area (Å²) in [4.78, 5) is 3.44. The third kappa shape index (κ3) is 1.44. The summed E-state index contributed by atoms with van der Waals surface area (Å²) in [7, 11) is 0. The highest BCUT2D eigenvalue weighted by Crippen LogP contribution is 2.26. The first-order valence-electron chi connectivity index (χ1n) is 3.33. The first-order chi connectivity index (χ1) is 5.52. The molecule has 0 aromatic carbocycles. The van der Waals surface area contributed by atoms with Crippen molar-refractivity contribution in [2.75, 3.05) is 11.5 Å². The average molecular weight is 173 g/mol. The molecule has 0 amide bonds. The van der Waals surface area contributed by atoms with Crippen LogP contribution in [-0.4, -0.2) is 4.98 Å². The summed E-state index contributed by atoms with van der Waals surface area (Å²) in [6.07, 6.45) is -2.67. The van der Waals surface area contributed by atoms with Gasteiger partial charge in [0, 0.05) is 0 Å². The summed E-state index contributed by atoms with van der Waals surface area (Å²) < 4.78 is 24.4. The summed E-state index contributed by atoms with van der Waals surface area (Å²) in [6.45, 7) is 1.61. The first kappa shape index (κ1) is 8.70. The molecular formula is C7H9F2N3. The Bertz CT molecular complexity index is 299. The molecule has 1 heterocycles. The van der Waals surface area contributed by atoms with Gasteiger partial charge in [0.1, 0.15) is 11.5 Å². The molecule has 0 radical (unpaired) electrons. The van der Waals surface area contributed by atoms with Gasteiger partial charge in [-0.25, -0.2) is 13.8 Å². The summed E-state index contributed by atoms with van der Waals surface area (Å²) in [5.41, 5.74) is 10.7. The standard InChI is InChI=1S/C7H9F2N3/c1-3-2-4(10)12-6(5(3)11)7(8)9/h2,7H,11H2,1H3,(H2,10,12). The van der Waals surface area contributed by atoms with E-state index in [0.717, 1.165) is 0 Å². The van der Waals surface area contributed by atoms with Crippen LogP contribution in [0.2, 0.25) is 0 Å². The SMILES string of the molecule is Cc1cc(N)nc(C(F)F)c1N. The number of hydrogen-bond acceptors (Lipinski definition) is 3. The molecule has 0 spiro atoms. The Balaban J connectivity index is 3.28. The van der Waals surface area contributed by atoms with Gasteiger partial charge in [0.25, 0.3) is 6.43 Å². The number of aryl methyl sites for hydroxylation is 1. The molecule has 4 N–H and O–H groups in total. The monoisotopic (exact) mass is 173 g/mol. The minimum absolute atomic E-state index is 0.0131. The summed E-state index contributed by atoms with van der Waals surface area (Å²) in [5.74, 6) is 0.0667. The van der Waals surface area contributed by atoms with Crippen molar-refractivity contribution in [2.45, 2.75) is 13.3 Å². The van der Waals surface area contributed by atoms with Crippen molar-refractivity contribution in [1.29, 1.82) is 0 Å². The number of rotatable bonds is 1. The van der Waals surface area contributed by atoms with Crippen molar-refractivity contribution in [3.63, 3.8) is 0 Å². The van der Waals surface area contributed by atoms with Crippen molar-refractivity contribution < 1.29 is 8.78 Å². The molecule has 0 saturated heterocycles. The second-order valence-electron chi connectivity index (χ2n) is 2.46. The van der Waals surface area contributed by atoms with Crippen LogP contribution in [0.1, 0.15) is 17.7 Å². The third-order valence-electron chi connectivity index (χ3n) is 1.52. The molecule has 1 aromatic heterocycles. The van der Waals surface area contributed by atoms with Gasteiger partial charge < -0.3 is 11.5 Å². The molecule has 0 bridgehead atoms. The zero-order chi connectivity index (χ0) is 9.30.